The Morgan fingerprint density at radius 3 is 0.837 bits per heavy atom. The van der Waals surface area contributed by atoms with Crippen molar-refractivity contribution in [1.29, 1.82) is 0 Å². The molecule has 0 aromatic heterocycles. The molecule has 0 aliphatic carbocycles. The van der Waals surface area contributed by atoms with Gasteiger partial charge in [0.2, 0.25) is 0 Å². The lowest BCUT2D eigenvalue weighted by Crippen LogP contribution is -2.22. The van der Waals surface area contributed by atoms with Crippen molar-refractivity contribution in [3.05, 3.63) is 179 Å². The zero-order chi connectivity index (χ0) is 34.4. The monoisotopic (exact) mass is 690 g/mol. The van der Waals surface area contributed by atoms with Crippen LogP contribution in [0.1, 0.15) is 33.4 Å². The number of halogens is 2. The minimum absolute atomic E-state index is 0.621. The molecule has 0 aliphatic heterocycles. The molecule has 0 bridgehead atoms. The fraction of sp³-hybridized carbons (Fsp3) is 0.143. The minimum atomic E-state index is -1.03. The molecule has 6 aromatic rings. The first-order chi connectivity index (χ1) is 23.8. The molecule has 49 heavy (non-hydrogen) atoms. The van der Waals surface area contributed by atoms with Crippen LogP contribution in [-0.2, 0) is 9.75 Å². The lowest BCUT2D eigenvalue weighted by molar-refractivity contribution is 0.414. The van der Waals surface area contributed by atoms with Crippen LogP contribution in [-0.4, -0.2) is 28.4 Å². The van der Waals surface area contributed by atoms with Crippen LogP contribution in [0.3, 0.4) is 0 Å². The predicted molar refractivity (Wildman–Crippen MR) is 196 cm³/mol. The van der Waals surface area contributed by atoms with Gasteiger partial charge >= 0.3 is 0 Å². The molecule has 0 atom stereocenters. The van der Waals surface area contributed by atoms with Crippen molar-refractivity contribution < 1.29 is 23.7 Å². The Morgan fingerprint density at radius 2 is 0.592 bits per heavy atom. The van der Waals surface area contributed by atoms with E-state index in [0.29, 0.717) is 11.5 Å². The fourth-order valence-electron chi connectivity index (χ4n) is 5.97. The number of ether oxygens (including phenoxy) is 5. The van der Waals surface area contributed by atoms with Crippen molar-refractivity contribution in [1.82, 2.24) is 0 Å². The van der Waals surface area contributed by atoms with E-state index in [1.165, 1.54) is 0 Å². The highest BCUT2D eigenvalue weighted by Crippen LogP contribution is 2.47. The van der Waals surface area contributed by atoms with Gasteiger partial charge in [0.05, 0.1) is 28.4 Å². The first kappa shape index (κ1) is 33.8. The maximum Gasteiger partial charge on any atom is 0.127 e. The maximum absolute atomic E-state index is 7.67. The van der Waals surface area contributed by atoms with E-state index in [1.807, 2.05) is 146 Å². The molecule has 5 nitrogen and oxygen atoms in total. The van der Waals surface area contributed by atoms with E-state index in [1.54, 1.807) is 28.4 Å². The molecule has 0 radical (unpaired) electrons. The Labute approximate surface area is 297 Å². The second-order valence-electron chi connectivity index (χ2n) is 11.4. The number of benzene rings is 6. The van der Waals surface area contributed by atoms with E-state index in [4.69, 9.17) is 46.9 Å². The highest BCUT2D eigenvalue weighted by Gasteiger charge is 2.36. The molecule has 0 aliphatic rings. The summed E-state index contributed by atoms with van der Waals surface area (Å²) in [6.07, 6.45) is 0. The summed E-state index contributed by atoms with van der Waals surface area (Å²) in [5.41, 5.74) is 5.19. The Balaban J connectivity index is 1.39. The summed E-state index contributed by atoms with van der Waals surface area (Å²) in [7, 11) is 6.57. The smallest absolute Gasteiger partial charge is 0.127 e. The third-order valence-corrected chi connectivity index (χ3v) is 9.96. The van der Waals surface area contributed by atoms with Crippen LogP contribution in [0.15, 0.2) is 146 Å². The van der Waals surface area contributed by atoms with Crippen molar-refractivity contribution in [2.24, 2.45) is 0 Å². The van der Waals surface area contributed by atoms with Crippen LogP contribution in [0, 0.1) is 0 Å². The maximum atomic E-state index is 7.67. The zero-order valence-corrected chi connectivity index (χ0v) is 29.2. The lowest BCUT2D eigenvalue weighted by atomic mass is 9.84. The van der Waals surface area contributed by atoms with Gasteiger partial charge in [0.1, 0.15) is 44.2 Å². The SMILES string of the molecule is COc1ccc(C(Cl)(c2ccc(OC)cc2)c2cccc(Oc3cccc(C(Cl)(c4ccc(OC)cc4)c4ccc(OC)cc4)c3)c2)cc1. The van der Waals surface area contributed by atoms with Gasteiger partial charge in [0.15, 0.2) is 0 Å². The van der Waals surface area contributed by atoms with Crippen LogP contribution in [0.4, 0.5) is 0 Å². The first-order valence-corrected chi connectivity index (χ1v) is 16.4. The van der Waals surface area contributed by atoms with Gasteiger partial charge in [-0.25, -0.2) is 0 Å². The van der Waals surface area contributed by atoms with Gasteiger partial charge in [-0.1, -0.05) is 72.8 Å². The highest BCUT2D eigenvalue weighted by atomic mass is 35.5. The van der Waals surface area contributed by atoms with Crippen molar-refractivity contribution in [2.45, 2.75) is 9.75 Å². The van der Waals surface area contributed by atoms with Crippen LogP contribution in [0.5, 0.6) is 34.5 Å². The van der Waals surface area contributed by atoms with Gasteiger partial charge < -0.3 is 23.7 Å². The highest BCUT2D eigenvalue weighted by molar-refractivity contribution is 6.28. The van der Waals surface area contributed by atoms with E-state index in [0.717, 1.165) is 56.4 Å². The van der Waals surface area contributed by atoms with Gasteiger partial charge in [-0.05, 0) is 106 Å². The molecule has 0 spiro atoms. The lowest BCUT2D eigenvalue weighted by Gasteiger charge is -2.30. The van der Waals surface area contributed by atoms with Crippen LogP contribution in [0.2, 0.25) is 0 Å². The van der Waals surface area contributed by atoms with Gasteiger partial charge in [-0.2, -0.15) is 0 Å². The number of hydrogen-bond donors (Lipinski definition) is 0. The van der Waals surface area contributed by atoms with Crippen molar-refractivity contribution in [3.8, 4) is 34.5 Å². The molecule has 0 saturated heterocycles. The fourth-order valence-corrected chi connectivity index (χ4v) is 6.71. The summed E-state index contributed by atoms with van der Waals surface area (Å²) in [5.74, 6) is 4.22. The average molecular weight is 692 g/mol. The second-order valence-corrected chi connectivity index (χ2v) is 12.5. The molecule has 0 N–H and O–H groups in total. The number of hydrogen-bond acceptors (Lipinski definition) is 5. The first-order valence-electron chi connectivity index (χ1n) is 15.7. The summed E-state index contributed by atoms with van der Waals surface area (Å²) >= 11 is 15.3. The van der Waals surface area contributed by atoms with E-state index < -0.39 is 9.75 Å². The third kappa shape index (κ3) is 6.78. The molecular formula is C42H36Cl2O5. The van der Waals surface area contributed by atoms with Crippen molar-refractivity contribution >= 4 is 23.2 Å². The summed E-state index contributed by atoms with van der Waals surface area (Å²) < 4.78 is 28.2. The molecule has 0 fully saturated rings. The average Bonchev–Trinajstić information content (AvgIpc) is 3.17. The number of rotatable bonds is 12. The molecule has 0 heterocycles. The minimum Gasteiger partial charge on any atom is -0.497 e. The van der Waals surface area contributed by atoms with Crippen LogP contribution < -0.4 is 23.7 Å². The van der Waals surface area contributed by atoms with Crippen LogP contribution >= 0.6 is 23.2 Å². The van der Waals surface area contributed by atoms with E-state index >= 15 is 0 Å². The summed E-state index contributed by atoms with van der Waals surface area (Å²) in [5, 5.41) is 0. The Hall–Kier alpha value is -5.10. The predicted octanol–water partition coefficient (Wildman–Crippen LogP) is 10.6. The van der Waals surface area contributed by atoms with Crippen molar-refractivity contribution in [2.75, 3.05) is 28.4 Å². The largest absolute Gasteiger partial charge is 0.497 e. The zero-order valence-electron chi connectivity index (χ0n) is 27.7. The topological polar surface area (TPSA) is 46.2 Å². The molecule has 248 valence electrons. The molecule has 0 saturated carbocycles. The van der Waals surface area contributed by atoms with Gasteiger partial charge in [0.25, 0.3) is 0 Å². The van der Waals surface area contributed by atoms with E-state index in [9.17, 15) is 0 Å². The second kappa shape index (κ2) is 14.6. The van der Waals surface area contributed by atoms with Gasteiger partial charge in [-0.3, -0.25) is 0 Å². The summed E-state index contributed by atoms with van der Waals surface area (Å²) in [4.78, 5) is -2.07. The molecular weight excluding hydrogens is 655 g/mol. The number of methoxy groups -OCH3 is 4. The molecule has 6 rings (SSSR count). The quantitative estimate of drug-likeness (QED) is 0.0944. The Bertz CT molecular complexity index is 1750. The summed E-state index contributed by atoms with van der Waals surface area (Å²) in [6.45, 7) is 0. The van der Waals surface area contributed by atoms with Crippen molar-refractivity contribution in [3.63, 3.8) is 0 Å². The molecule has 6 aromatic carbocycles. The summed E-state index contributed by atoms with van der Waals surface area (Å²) in [6, 6.07) is 46.7. The Morgan fingerprint density at radius 1 is 0.327 bits per heavy atom. The standard InChI is InChI=1S/C42H36Cl2O5/c1-45-35-19-11-29(12-20-35)41(43,30-13-21-36(46-2)22-14-30)33-7-5-9-39(27-33)49-40-10-6-8-34(28-40)42(44,31-15-23-37(47-3)24-16-31)32-17-25-38(48-4)26-18-32/h5-28H,1-4H3. The third-order valence-electron chi connectivity index (χ3n) is 8.65. The van der Waals surface area contributed by atoms with Gasteiger partial charge in [-0.15, -0.1) is 23.2 Å². The van der Waals surface area contributed by atoms with E-state index in [-0.39, 0.29) is 0 Å². The van der Waals surface area contributed by atoms with E-state index in [2.05, 4.69) is 0 Å². The van der Waals surface area contributed by atoms with Crippen LogP contribution in [0.25, 0.3) is 0 Å². The molecule has 7 heteroatoms. The normalized spacial score (nSPS) is 11.5. The molecule has 0 amide bonds. The Kier molecular flexibility index (Phi) is 10.0. The molecule has 0 unspecified atom stereocenters. The van der Waals surface area contributed by atoms with Gasteiger partial charge in [0, 0.05) is 0 Å². The number of alkyl halides is 2.